The van der Waals surface area contributed by atoms with Gasteiger partial charge in [0.2, 0.25) is 5.91 Å². The van der Waals surface area contributed by atoms with Gasteiger partial charge in [0.05, 0.1) is 19.0 Å². The number of rotatable bonds is 8. The molecule has 1 amide bonds. The van der Waals surface area contributed by atoms with Crippen molar-refractivity contribution in [3.05, 3.63) is 34.9 Å². The first-order chi connectivity index (χ1) is 10.7. The van der Waals surface area contributed by atoms with Crippen molar-refractivity contribution in [3.63, 3.8) is 0 Å². The number of thioether (sulfide) groups is 1. The molecule has 1 aliphatic heterocycles. The Bertz CT molecular complexity index is 450. The summed E-state index contributed by atoms with van der Waals surface area (Å²) in [6, 6.07) is 7.75. The van der Waals surface area contributed by atoms with Gasteiger partial charge in [-0.15, -0.1) is 11.8 Å². The zero-order chi connectivity index (χ0) is 15.6. The lowest BCUT2D eigenvalue weighted by Gasteiger charge is -2.26. The van der Waals surface area contributed by atoms with Crippen LogP contribution >= 0.6 is 23.4 Å². The van der Waals surface area contributed by atoms with E-state index < -0.39 is 0 Å². The number of hydrogen-bond donors (Lipinski definition) is 1. The van der Waals surface area contributed by atoms with E-state index in [0.717, 1.165) is 56.6 Å². The molecule has 0 unspecified atom stereocenters. The topological polar surface area (TPSA) is 41.6 Å². The van der Waals surface area contributed by atoms with Gasteiger partial charge in [0.1, 0.15) is 0 Å². The summed E-state index contributed by atoms with van der Waals surface area (Å²) < 4.78 is 5.31. The number of amides is 1. The van der Waals surface area contributed by atoms with E-state index in [2.05, 4.69) is 10.2 Å². The molecule has 1 heterocycles. The van der Waals surface area contributed by atoms with Gasteiger partial charge in [0, 0.05) is 30.4 Å². The highest BCUT2D eigenvalue weighted by Gasteiger charge is 2.09. The molecule has 0 spiro atoms. The van der Waals surface area contributed by atoms with E-state index >= 15 is 0 Å². The average molecular weight is 343 g/mol. The molecule has 22 heavy (non-hydrogen) atoms. The molecule has 1 aliphatic rings. The monoisotopic (exact) mass is 342 g/mol. The number of benzene rings is 1. The largest absolute Gasteiger partial charge is 0.379 e. The van der Waals surface area contributed by atoms with Gasteiger partial charge in [-0.3, -0.25) is 9.69 Å². The molecule has 6 heteroatoms. The van der Waals surface area contributed by atoms with Crippen LogP contribution in [-0.4, -0.2) is 56.0 Å². The molecular formula is C16H23ClN2O2S. The summed E-state index contributed by atoms with van der Waals surface area (Å²) in [5.41, 5.74) is 1.19. The van der Waals surface area contributed by atoms with Crippen LogP contribution in [0, 0.1) is 0 Å². The molecule has 1 N–H and O–H groups in total. The molecule has 0 radical (unpaired) electrons. The first kappa shape index (κ1) is 17.6. The summed E-state index contributed by atoms with van der Waals surface area (Å²) in [5, 5.41) is 3.72. The van der Waals surface area contributed by atoms with Crippen molar-refractivity contribution < 1.29 is 9.53 Å². The van der Waals surface area contributed by atoms with Gasteiger partial charge in [-0.2, -0.15) is 0 Å². The number of nitrogens with one attached hydrogen (secondary N) is 1. The fourth-order valence-corrected chi connectivity index (χ4v) is 3.19. The highest BCUT2D eigenvalue weighted by Crippen LogP contribution is 2.15. The Hall–Kier alpha value is -0.750. The second-order valence-corrected chi connectivity index (χ2v) is 6.70. The SMILES string of the molecule is O=C(CSCc1ccc(Cl)cc1)NCCCN1CCOCC1. The van der Waals surface area contributed by atoms with Gasteiger partial charge in [-0.05, 0) is 30.7 Å². The molecule has 1 fully saturated rings. The minimum atomic E-state index is 0.112. The minimum absolute atomic E-state index is 0.112. The Kier molecular flexibility index (Phi) is 8.08. The molecular weight excluding hydrogens is 320 g/mol. The van der Waals surface area contributed by atoms with Gasteiger partial charge >= 0.3 is 0 Å². The van der Waals surface area contributed by atoms with Crippen LogP contribution in [-0.2, 0) is 15.3 Å². The summed E-state index contributed by atoms with van der Waals surface area (Å²) in [5.74, 6) is 1.44. The Morgan fingerprint density at radius 3 is 2.73 bits per heavy atom. The summed E-state index contributed by atoms with van der Waals surface area (Å²) >= 11 is 7.47. The van der Waals surface area contributed by atoms with Crippen LogP contribution in [0.2, 0.25) is 5.02 Å². The molecule has 122 valence electrons. The van der Waals surface area contributed by atoms with Gasteiger partial charge in [0.15, 0.2) is 0 Å². The van der Waals surface area contributed by atoms with Crippen LogP contribution < -0.4 is 5.32 Å². The van der Waals surface area contributed by atoms with Gasteiger partial charge in [-0.25, -0.2) is 0 Å². The molecule has 2 rings (SSSR count). The van der Waals surface area contributed by atoms with Gasteiger partial charge in [-0.1, -0.05) is 23.7 Å². The van der Waals surface area contributed by atoms with Crippen LogP contribution in [0.1, 0.15) is 12.0 Å². The first-order valence-corrected chi connectivity index (χ1v) is 9.16. The predicted octanol–water partition coefficient (Wildman–Crippen LogP) is 2.41. The van der Waals surface area contributed by atoms with E-state index in [9.17, 15) is 4.79 Å². The number of carbonyl (C=O) groups is 1. The fourth-order valence-electron chi connectivity index (χ4n) is 2.25. The second kappa shape index (κ2) is 10.1. The second-order valence-electron chi connectivity index (χ2n) is 5.28. The maximum Gasteiger partial charge on any atom is 0.230 e. The quantitative estimate of drug-likeness (QED) is 0.737. The van der Waals surface area contributed by atoms with Crippen molar-refractivity contribution in [2.75, 3.05) is 45.1 Å². The van der Waals surface area contributed by atoms with E-state index in [0.29, 0.717) is 5.75 Å². The highest BCUT2D eigenvalue weighted by atomic mass is 35.5. The van der Waals surface area contributed by atoms with Crippen molar-refractivity contribution in [1.82, 2.24) is 10.2 Å². The van der Waals surface area contributed by atoms with Crippen LogP contribution in [0.3, 0.4) is 0 Å². The van der Waals surface area contributed by atoms with E-state index in [1.807, 2.05) is 24.3 Å². The number of carbonyl (C=O) groups excluding carboxylic acids is 1. The summed E-state index contributed by atoms with van der Waals surface area (Å²) in [6.45, 7) is 5.44. The van der Waals surface area contributed by atoms with Crippen molar-refractivity contribution in [1.29, 1.82) is 0 Å². The maximum absolute atomic E-state index is 11.8. The normalized spacial score (nSPS) is 15.7. The van der Waals surface area contributed by atoms with Crippen LogP contribution in [0.4, 0.5) is 0 Å². The fraction of sp³-hybridized carbons (Fsp3) is 0.562. The molecule has 1 aromatic rings. The lowest BCUT2D eigenvalue weighted by molar-refractivity contribution is -0.118. The Labute approximate surface area is 141 Å². The van der Waals surface area contributed by atoms with Crippen molar-refractivity contribution in [2.45, 2.75) is 12.2 Å². The lowest BCUT2D eigenvalue weighted by atomic mass is 10.2. The number of halogens is 1. The summed E-state index contributed by atoms with van der Waals surface area (Å²) in [7, 11) is 0. The average Bonchev–Trinajstić information content (AvgIpc) is 2.54. The highest BCUT2D eigenvalue weighted by molar-refractivity contribution is 7.99. The zero-order valence-corrected chi connectivity index (χ0v) is 14.3. The Balaban J connectivity index is 1.49. The lowest BCUT2D eigenvalue weighted by Crippen LogP contribution is -2.38. The standard InChI is InChI=1S/C16H23ClN2O2S/c17-15-4-2-14(3-5-15)12-22-13-16(20)18-6-1-7-19-8-10-21-11-9-19/h2-5H,1,6-13H2,(H,18,20). The smallest absolute Gasteiger partial charge is 0.230 e. The first-order valence-electron chi connectivity index (χ1n) is 7.63. The minimum Gasteiger partial charge on any atom is -0.379 e. The van der Waals surface area contributed by atoms with E-state index in [1.54, 1.807) is 11.8 Å². The van der Waals surface area contributed by atoms with E-state index in [1.165, 1.54) is 5.56 Å². The maximum atomic E-state index is 11.8. The van der Waals surface area contributed by atoms with E-state index in [-0.39, 0.29) is 5.91 Å². The number of hydrogen-bond acceptors (Lipinski definition) is 4. The van der Waals surface area contributed by atoms with Crippen LogP contribution in [0.5, 0.6) is 0 Å². The molecule has 0 atom stereocenters. The Morgan fingerprint density at radius 1 is 1.27 bits per heavy atom. The molecule has 0 aliphatic carbocycles. The third kappa shape index (κ3) is 7.01. The zero-order valence-electron chi connectivity index (χ0n) is 12.7. The van der Waals surface area contributed by atoms with Crippen molar-refractivity contribution >= 4 is 29.3 Å². The molecule has 4 nitrogen and oxygen atoms in total. The third-order valence-electron chi connectivity index (χ3n) is 3.49. The summed E-state index contributed by atoms with van der Waals surface area (Å²) in [6.07, 6.45) is 0.994. The molecule has 1 aromatic carbocycles. The summed E-state index contributed by atoms with van der Waals surface area (Å²) in [4.78, 5) is 14.1. The van der Waals surface area contributed by atoms with Crippen molar-refractivity contribution in [2.24, 2.45) is 0 Å². The van der Waals surface area contributed by atoms with Gasteiger partial charge in [0.25, 0.3) is 0 Å². The number of morpholine rings is 1. The molecule has 0 bridgehead atoms. The molecule has 1 saturated heterocycles. The van der Waals surface area contributed by atoms with Crippen molar-refractivity contribution in [3.8, 4) is 0 Å². The number of nitrogens with zero attached hydrogens (tertiary/aromatic N) is 1. The molecule has 0 aromatic heterocycles. The van der Waals surface area contributed by atoms with Crippen LogP contribution in [0.25, 0.3) is 0 Å². The molecule has 0 saturated carbocycles. The Morgan fingerprint density at radius 2 is 2.00 bits per heavy atom. The van der Waals surface area contributed by atoms with E-state index in [4.69, 9.17) is 16.3 Å². The van der Waals surface area contributed by atoms with Gasteiger partial charge < -0.3 is 10.1 Å². The number of ether oxygens (including phenoxy) is 1. The predicted molar refractivity (Wildman–Crippen MR) is 92.5 cm³/mol. The van der Waals surface area contributed by atoms with Crippen LogP contribution in [0.15, 0.2) is 24.3 Å². The third-order valence-corrected chi connectivity index (χ3v) is 4.75.